The second kappa shape index (κ2) is 9.58. The van der Waals surface area contributed by atoms with Crippen LogP contribution in [0.1, 0.15) is 24.5 Å². The van der Waals surface area contributed by atoms with E-state index in [-0.39, 0.29) is 0 Å². The average Bonchev–Trinajstić information content (AvgIpc) is 2.61. The van der Waals surface area contributed by atoms with Crippen LogP contribution in [0.3, 0.4) is 0 Å². The number of rotatable bonds is 6. The third-order valence-electron chi connectivity index (χ3n) is 3.29. The Kier molecular flexibility index (Phi) is 7.17. The van der Waals surface area contributed by atoms with Crippen LogP contribution in [0.2, 0.25) is 5.02 Å². The van der Waals surface area contributed by atoms with E-state index in [9.17, 15) is 9.59 Å². The molecule has 0 aromatic heterocycles. The van der Waals surface area contributed by atoms with Crippen LogP contribution < -0.4 is 15.5 Å². The van der Waals surface area contributed by atoms with E-state index in [4.69, 9.17) is 16.3 Å². The summed E-state index contributed by atoms with van der Waals surface area (Å²) in [5.74, 6) is -1.08. The summed E-state index contributed by atoms with van der Waals surface area (Å²) in [5, 5.41) is 6.83. The first-order chi connectivity index (χ1) is 12.5. The molecule has 0 saturated carbocycles. The van der Waals surface area contributed by atoms with Gasteiger partial charge in [0.2, 0.25) is 0 Å². The topological polar surface area (TPSA) is 79.8 Å². The van der Waals surface area contributed by atoms with Crippen molar-refractivity contribution in [3.8, 4) is 5.75 Å². The number of carbonyl (C=O) groups excluding carboxylic acids is 2. The third kappa shape index (κ3) is 5.89. The summed E-state index contributed by atoms with van der Waals surface area (Å²) in [6.07, 6.45) is 2.24. The minimum atomic E-state index is -0.874. The Morgan fingerprint density at radius 3 is 2.73 bits per heavy atom. The van der Waals surface area contributed by atoms with Crippen LogP contribution in [0.4, 0.5) is 5.69 Å². The zero-order chi connectivity index (χ0) is 18.9. The normalized spacial score (nSPS) is 10.6. The first kappa shape index (κ1) is 19.5. The number of hydrogen-bond acceptors (Lipinski definition) is 4. The molecule has 6 nitrogen and oxygen atoms in total. The smallest absolute Gasteiger partial charge is 0.329 e. The highest BCUT2D eigenvalue weighted by Gasteiger charge is 2.13. The summed E-state index contributed by atoms with van der Waals surface area (Å²) in [5.41, 5.74) is 4.31. The second-order valence-corrected chi connectivity index (χ2v) is 5.99. The van der Waals surface area contributed by atoms with Gasteiger partial charge in [-0.05, 0) is 49.2 Å². The van der Waals surface area contributed by atoms with Crippen LogP contribution in [-0.4, -0.2) is 24.6 Å². The maximum Gasteiger partial charge on any atom is 0.329 e. The van der Waals surface area contributed by atoms with Crippen molar-refractivity contribution in [3.63, 3.8) is 0 Å². The molecule has 26 heavy (non-hydrogen) atoms. The molecule has 136 valence electrons. The molecule has 0 aliphatic rings. The molecule has 0 heterocycles. The van der Waals surface area contributed by atoms with Gasteiger partial charge in [-0.1, -0.05) is 30.7 Å². The monoisotopic (exact) mass is 373 g/mol. The van der Waals surface area contributed by atoms with Crippen molar-refractivity contribution in [3.05, 3.63) is 58.6 Å². The van der Waals surface area contributed by atoms with E-state index < -0.39 is 11.8 Å². The lowest BCUT2D eigenvalue weighted by Gasteiger charge is -2.08. The summed E-state index contributed by atoms with van der Waals surface area (Å²) in [6, 6.07) is 12.2. The summed E-state index contributed by atoms with van der Waals surface area (Å²) >= 11 is 5.98. The number of nitrogens with zero attached hydrogens (tertiary/aromatic N) is 1. The van der Waals surface area contributed by atoms with E-state index >= 15 is 0 Å². The fourth-order valence-corrected chi connectivity index (χ4v) is 2.27. The number of halogens is 1. The number of anilines is 1. The fourth-order valence-electron chi connectivity index (χ4n) is 2.09. The van der Waals surface area contributed by atoms with Crippen LogP contribution in [0.5, 0.6) is 5.75 Å². The number of carbonyl (C=O) groups is 2. The summed E-state index contributed by atoms with van der Waals surface area (Å²) in [4.78, 5) is 23.7. The van der Waals surface area contributed by atoms with E-state index in [0.717, 1.165) is 12.0 Å². The molecule has 0 fully saturated rings. The van der Waals surface area contributed by atoms with E-state index in [0.29, 0.717) is 28.6 Å². The Balaban J connectivity index is 1.98. The standard InChI is InChI=1S/C19H20ClN3O3/c1-3-9-26-17-8-7-15(20)11-14(17)12-21-23-19(25)18(24)22-16-6-4-5-13(2)10-16/h4-8,10-12H,3,9H2,1-2H3,(H,22,24)(H,23,25)/b21-12-. The van der Waals surface area contributed by atoms with Gasteiger partial charge in [-0.15, -0.1) is 0 Å². The highest BCUT2D eigenvalue weighted by molar-refractivity contribution is 6.39. The molecule has 0 aliphatic heterocycles. The van der Waals surface area contributed by atoms with Crippen molar-refractivity contribution >= 4 is 35.3 Å². The van der Waals surface area contributed by atoms with Gasteiger partial charge in [0.25, 0.3) is 0 Å². The van der Waals surface area contributed by atoms with Crippen molar-refractivity contribution in [1.29, 1.82) is 0 Å². The van der Waals surface area contributed by atoms with Crippen molar-refractivity contribution < 1.29 is 14.3 Å². The SMILES string of the molecule is CCCOc1ccc(Cl)cc1/C=N\NC(=O)C(=O)Nc1cccc(C)c1. The highest BCUT2D eigenvalue weighted by atomic mass is 35.5. The molecule has 2 amide bonds. The Morgan fingerprint density at radius 1 is 1.19 bits per heavy atom. The van der Waals surface area contributed by atoms with Gasteiger partial charge in [-0.3, -0.25) is 9.59 Å². The molecule has 2 aromatic rings. The fraction of sp³-hybridized carbons (Fsp3) is 0.211. The number of hydrogen-bond donors (Lipinski definition) is 2. The van der Waals surface area contributed by atoms with Gasteiger partial charge in [-0.2, -0.15) is 5.10 Å². The van der Waals surface area contributed by atoms with Gasteiger partial charge >= 0.3 is 11.8 Å². The number of nitrogens with one attached hydrogen (secondary N) is 2. The van der Waals surface area contributed by atoms with Crippen LogP contribution >= 0.6 is 11.6 Å². The molecule has 7 heteroatoms. The molecule has 0 saturated heterocycles. The first-order valence-electron chi connectivity index (χ1n) is 8.13. The summed E-state index contributed by atoms with van der Waals surface area (Å²) in [7, 11) is 0. The Bertz CT molecular complexity index is 821. The molecule has 0 unspecified atom stereocenters. The van der Waals surface area contributed by atoms with Gasteiger partial charge in [0, 0.05) is 16.3 Å². The van der Waals surface area contributed by atoms with Crippen molar-refractivity contribution in [2.75, 3.05) is 11.9 Å². The second-order valence-electron chi connectivity index (χ2n) is 5.55. The number of aryl methyl sites for hydroxylation is 1. The minimum Gasteiger partial charge on any atom is -0.493 e. The molecular weight excluding hydrogens is 354 g/mol. The van der Waals surface area contributed by atoms with E-state index in [2.05, 4.69) is 15.8 Å². The summed E-state index contributed by atoms with van der Waals surface area (Å²) < 4.78 is 5.59. The Labute approximate surface area is 157 Å². The molecule has 2 aromatic carbocycles. The van der Waals surface area contributed by atoms with Gasteiger partial charge in [0.05, 0.1) is 12.8 Å². The van der Waals surface area contributed by atoms with E-state index in [1.807, 2.05) is 19.9 Å². The van der Waals surface area contributed by atoms with Crippen LogP contribution in [0.15, 0.2) is 47.6 Å². The largest absolute Gasteiger partial charge is 0.493 e. The molecular formula is C19H20ClN3O3. The van der Waals surface area contributed by atoms with Gasteiger partial charge < -0.3 is 10.1 Å². The quantitative estimate of drug-likeness (QED) is 0.462. The van der Waals surface area contributed by atoms with E-state index in [1.54, 1.807) is 36.4 Å². The zero-order valence-electron chi connectivity index (χ0n) is 14.6. The Morgan fingerprint density at radius 2 is 2.00 bits per heavy atom. The van der Waals surface area contributed by atoms with Gasteiger partial charge in [-0.25, -0.2) is 5.43 Å². The lowest BCUT2D eigenvalue weighted by Crippen LogP contribution is -2.32. The number of hydrazone groups is 1. The molecule has 2 N–H and O–H groups in total. The van der Waals surface area contributed by atoms with Crippen LogP contribution in [0, 0.1) is 6.92 Å². The molecule has 0 aliphatic carbocycles. The predicted molar refractivity (Wildman–Crippen MR) is 103 cm³/mol. The van der Waals surface area contributed by atoms with Crippen LogP contribution in [-0.2, 0) is 9.59 Å². The van der Waals surface area contributed by atoms with Crippen molar-refractivity contribution in [1.82, 2.24) is 5.43 Å². The number of amides is 2. The lowest BCUT2D eigenvalue weighted by molar-refractivity contribution is -0.136. The summed E-state index contributed by atoms with van der Waals surface area (Å²) in [6.45, 7) is 4.44. The molecule has 0 bridgehead atoms. The van der Waals surface area contributed by atoms with Crippen molar-refractivity contribution in [2.24, 2.45) is 5.10 Å². The highest BCUT2D eigenvalue weighted by Crippen LogP contribution is 2.21. The molecule has 0 atom stereocenters. The van der Waals surface area contributed by atoms with E-state index in [1.165, 1.54) is 6.21 Å². The number of benzene rings is 2. The molecule has 0 spiro atoms. The van der Waals surface area contributed by atoms with Crippen molar-refractivity contribution in [2.45, 2.75) is 20.3 Å². The Hall–Kier alpha value is -2.86. The first-order valence-corrected chi connectivity index (χ1v) is 8.50. The van der Waals surface area contributed by atoms with Gasteiger partial charge in [0.1, 0.15) is 5.75 Å². The number of ether oxygens (including phenoxy) is 1. The van der Waals surface area contributed by atoms with Crippen LogP contribution in [0.25, 0.3) is 0 Å². The third-order valence-corrected chi connectivity index (χ3v) is 3.52. The zero-order valence-corrected chi connectivity index (χ0v) is 15.3. The maximum atomic E-state index is 11.9. The molecule has 0 radical (unpaired) electrons. The minimum absolute atomic E-state index is 0.513. The molecule has 2 rings (SSSR count). The lowest BCUT2D eigenvalue weighted by atomic mass is 10.2. The predicted octanol–water partition coefficient (Wildman–Crippen LogP) is 3.53. The maximum absolute atomic E-state index is 11.9. The van der Waals surface area contributed by atoms with Gasteiger partial charge in [0.15, 0.2) is 0 Å². The average molecular weight is 374 g/mol.